The Hall–Kier alpha value is -1.43. The van der Waals surface area contributed by atoms with E-state index in [1.807, 2.05) is 18.2 Å². The summed E-state index contributed by atoms with van der Waals surface area (Å²) in [6, 6.07) is 8.96. The lowest BCUT2D eigenvalue weighted by atomic mass is 10.0. The van der Waals surface area contributed by atoms with E-state index in [0.717, 1.165) is 13.0 Å². The molecular formula is C29H50O5. The van der Waals surface area contributed by atoms with Gasteiger partial charge in [-0.15, -0.1) is 0 Å². The second-order valence-corrected chi connectivity index (χ2v) is 8.94. The Balaban J connectivity index is 1.68. The molecule has 0 amide bonds. The summed E-state index contributed by atoms with van der Waals surface area (Å²) >= 11 is 0. The van der Waals surface area contributed by atoms with Crippen molar-refractivity contribution in [1.29, 1.82) is 0 Å². The molecule has 1 aromatic carbocycles. The minimum Gasteiger partial charge on any atom is -0.460 e. The van der Waals surface area contributed by atoms with Crippen LogP contribution < -0.4 is 0 Å². The predicted molar refractivity (Wildman–Crippen MR) is 139 cm³/mol. The fourth-order valence-corrected chi connectivity index (χ4v) is 3.79. The first-order chi connectivity index (χ1) is 16.8. The number of ether oxygens (including phenoxy) is 4. The second-order valence-electron chi connectivity index (χ2n) is 8.94. The van der Waals surface area contributed by atoms with Crippen molar-refractivity contribution in [3.63, 3.8) is 0 Å². The van der Waals surface area contributed by atoms with Crippen LogP contribution in [0.4, 0.5) is 0 Å². The number of rotatable bonds is 25. The van der Waals surface area contributed by atoms with E-state index in [2.05, 4.69) is 6.92 Å². The number of carbonyl (C=O) groups excluding carboxylic acids is 1. The molecule has 0 N–H and O–H groups in total. The quantitative estimate of drug-likeness (QED) is 0.108. The van der Waals surface area contributed by atoms with Gasteiger partial charge in [0.15, 0.2) is 0 Å². The van der Waals surface area contributed by atoms with Crippen LogP contribution in [0.15, 0.2) is 30.3 Å². The van der Waals surface area contributed by atoms with E-state index in [9.17, 15) is 4.79 Å². The first kappa shape index (κ1) is 30.6. The van der Waals surface area contributed by atoms with Gasteiger partial charge in [0.05, 0.1) is 38.6 Å². The van der Waals surface area contributed by atoms with E-state index < -0.39 is 0 Å². The highest BCUT2D eigenvalue weighted by molar-refractivity contribution is 5.89. The fourth-order valence-electron chi connectivity index (χ4n) is 3.79. The average molecular weight is 479 g/mol. The van der Waals surface area contributed by atoms with Crippen molar-refractivity contribution in [1.82, 2.24) is 0 Å². The molecule has 0 fully saturated rings. The predicted octanol–water partition coefficient (Wildman–Crippen LogP) is 7.37. The minimum absolute atomic E-state index is 0.246. The molecule has 0 aliphatic rings. The van der Waals surface area contributed by atoms with Crippen LogP contribution in [-0.4, -0.2) is 52.2 Å². The molecule has 0 bridgehead atoms. The Morgan fingerprint density at radius 1 is 0.529 bits per heavy atom. The number of hydrogen-bond donors (Lipinski definition) is 0. The van der Waals surface area contributed by atoms with Gasteiger partial charge in [0.2, 0.25) is 0 Å². The van der Waals surface area contributed by atoms with Crippen molar-refractivity contribution in [2.45, 2.75) is 96.8 Å². The highest BCUT2D eigenvalue weighted by Gasteiger charge is 2.05. The molecule has 0 radical (unpaired) electrons. The van der Waals surface area contributed by atoms with E-state index in [0.29, 0.717) is 38.6 Å². The molecule has 0 aliphatic heterocycles. The van der Waals surface area contributed by atoms with Crippen LogP contribution in [0.1, 0.15) is 107 Å². The lowest BCUT2D eigenvalue weighted by molar-refractivity contribution is 0.000184. The molecule has 0 unspecified atom stereocenters. The monoisotopic (exact) mass is 478 g/mol. The highest BCUT2D eigenvalue weighted by atomic mass is 16.6. The van der Waals surface area contributed by atoms with E-state index in [-0.39, 0.29) is 12.6 Å². The van der Waals surface area contributed by atoms with Crippen molar-refractivity contribution in [2.75, 3.05) is 46.2 Å². The molecule has 0 saturated carbocycles. The van der Waals surface area contributed by atoms with E-state index in [4.69, 9.17) is 18.9 Å². The summed E-state index contributed by atoms with van der Waals surface area (Å²) in [6.07, 6.45) is 19.2. The second kappa shape index (κ2) is 24.7. The third-order valence-electron chi connectivity index (χ3n) is 5.86. The van der Waals surface area contributed by atoms with Crippen LogP contribution in [0.25, 0.3) is 0 Å². The molecule has 196 valence electrons. The summed E-state index contributed by atoms with van der Waals surface area (Å²) in [5.74, 6) is -0.323. The van der Waals surface area contributed by atoms with Gasteiger partial charge in [-0.25, -0.2) is 4.79 Å². The first-order valence-corrected chi connectivity index (χ1v) is 13.8. The van der Waals surface area contributed by atoms with Crippen molar-refractivity contribution < 1.29 is 23.7 Å². The molecule has 0 aliphatic carbocycles. The van der Waals surface area contributed by atoms with E-state index >= 15 is 0 Å². The molecule has 5 heteroatoms. The number of unbranched alkanes of at least 4 members (excludes halogenated alkanes) is 13. The normalized spacial score (nSPS) is 11.1. The highest BCUT2D eigenvalue weighted by Crippen LogP contribution is 2.13. The van der Waals surface area contributed by atoms with Gasteiger partial charge in [-0.2, -0.15) is 0 Å². The SMILES string of the molecule is CCCCCCCCCCCCCCCCOCCOCCOCCOC(=O)c1ccccc1. The average Bonchev–Trinajstić information content (AvgIpc) is 2.87. The summed E-state index contributed by atoms with van der Waals surface area (Å²) in [6.45, 7) is 5.95. The van der Waals surface area contributed by atoms with Crippen LogP contribution in [0.2, 0.25) is 0 Å². The molecule has 1 aromatic rings. The lowest BCUT2D eigenvalue weighted by Crippen LogP contribution is -2.14. The molecular weight excluding hydrogens is 428 g/mol. The molecule has 1 rings (SSSR count). The van der Waals surface area contributed by atoms with Crippen LogP contribution >= 0.6 is 0 Å². The molecule has 0 heterocycles. The van der Waals surface area contributed by atoms with Gasteiger partial charge in [0.1, 0.15) is 6.61 Å². The van der Waals surface area contributed by atoms with Gasteiger partial charge < -0.3 is 18.9 Å². The standard InChI is InChI=1S/C29H50O5/c1-2-3-4-5-6-7-8-9-10-11-12-13-14-18-21-31-22-23-32-24-25-33-26-27-34-29(30)28-19-16-15-17-20-28/h15-17,19-20H,2-14,18,21-27H2,1H3. The smallest absolute Gasteiger partial charge is 0.338 e. The molecule has 5 nitrogen and oxygen atoms in total. The number of carbonyl (C=O) groups is 1. The number of hydrogen-bond acceptors (Lipinski definition) is 5. The third-order valence-corrected chi connectivity index (χ3v) is 5.86. The van der Waals surface area contributed by atoms with Crippen molar-refractivity contribution in [3.05, 3.63) is 35.9 Å². The summed E-state index contributed by atoms with van der Waals surface area (Å²) in [7, 11) is 0. The Labute approximate surface area is 208 Å². The minimum atomic E-state index is -0.323. The summed E-state index contributed by atoms with van der Waals surface area (Å²) < 4.78 is 21.7. The van der Waals surface area contributed by atoms with Crippen molar-refractivity contribution >= 4 is 5.97 Å². The maximum atomic E-state index is 11.8. The van der Waals surface area contributed by atoms with Gasteiger partial charge in [-0.05, 0) is 18.6 Å². The topological polar surface area (TPSA) is 54.0 Å². The van der Waals surface area contributed by atoms with Gasteiger partial charge in [0, 0.05) is 6.61 Å². The molecule has 34 heavy (non-hydrogen) atoms. The van der Waals surface area contributed by atoms with Crippen molar-refractivity contribution in [2.24, 2.45) is 0 Å². The van der Waals surface area contributed by atoms with Crippen LogP contribution in [0, 0.1) is 0 Å². The Morgan fingerprint density at radius 3 is 1.44 bits per heavy atom. The summed E-state index contributed by atoms with van der Waals surface area (Å²) in [5.41, 5.74) is 0.555. The Morgan fingerprint density at radius 2 is 0.941 bits per heavy atom. The zero-order valence-electron chi connectivity index (χ0n) is 21.8. The Bertz CT molecular complexity index is 549. The summed E-state index contributed by atoms with van der Waals surface area (Å²) in [4.78, 5) is 11.8. The van der Waals surface area contributed by atoms with E-state index in [1.165, 1.54) is 83.5 Å². The van der Waals surface area contributed by atoms with Crippen LogP contribution in [0.3, 0.4) is 0 Å². The molecule has 0 atom stereocenters. The van der Waals surface area contributed by atoms with E-state index in [1.54, 1.807) is 12.1 Å². The van der Waals surface area contributed by atoms with Crippen LogP contribution in [0.5, 0.6) is 0 Å². The molecule has 0 aromatic heterocycles. The third kappa shape index (κ3) is 20.0. The summed E-state index contributed by atoms with van der Waals surface area (Å²) in [5, 5.41) is 0. The molecule has 0 spiro atoms. The lowest BCUT2D eigenvalue weighted by Gasteiger charge is -2.08. The fraction of sp³-hybridized carbons (Fsp3) is 0.759. The van der Waals surface area contributed by atoms with Crippen molar-refractivity contribution in [3.8, 4) is 0 Å². The van der Waals surface area contributed by atoms with Gasteiger partial charge in [-0.1, -0.05) is 109 Å². The zero-order chi connectivity index (χ0) is 24.4. The van der Waals surface area contributed by atoms with Gasteiger partial charge >= 0.3 is 5.97 Å². The first-order valence-electron chi connectivity index (χ1n) is 13.8. The van der Waals surface area contributed by atoms with Crippen LogP contribution in [-0.2, 0) is 18.9 Å². The molecule has 0 saturated heterocycles. The number of benzene rings is 1. The van der Waals surface area contributed by atoms with Gasteiger partial charge in [-0.3, -0.25) is 0 Å². The van der Waals surface area contributed by atoms with Gasteiger partial charge in [0.25, 0.3) is 0 Å². The largest absolute Gasteiger partial charge is 0.460 e. The zero-order valence-corrected chi connectivity index (χ0v) is 21.8. The number of esters is 1. The maximum absolute atomic E-state index is 11.8. The maximum Gasteiger partial charge on any atom is 0.338 e. The Kier molecular flexibility index (Phi) is 22.2.